The standard InChI is InChI=1S/C15H12Cl2N2O2/c16-9-4-8(5-10(17)13(9)18)19-14(20)11-6-1-2-7(3-6)12(11)15(19)21/h1-2,4-7,11-12H,3,18H2. The third-order valence-electron chi connectivity index (χ3n) is 4.79. The van der Waals surface area contributed by atoms with Crippen molar-refractivity contribution in [1.29, 1.82) is 0 Å². The van der Waals surface area contributed by atoms with Gasteiger partial charge in [-0.05, 0) is 30.4 Å². The summed E-state index contributed by atoms with van der Waals surface area (Å²) >= 11 is 12.0. The first-order chi connectivity index (χ1) is 9.99. The van der Waals surface area contributed by atoms with E-state index in [9.17, 15) is 9.59 Å². The van der Waals surface area contributed by atoms with Crippen LogP contribution in [-0.4, -0.2) is 11.8 Å². The lowest BCUT2D eigenvalue weighted by Gasteiger charge is -2.18. The molecule has 2 N–H and O–H groups in total. The third-order valence-corrected chi connectivity index (χ3v) is 5.42. The van der Waals surface area contributed by atoms with E-state index in [4.69, 9.17) is 28.9 Å². The number of halogens is 2. The largest absolute Gasteiger partial charge is 0.396 e. The molecule has 1 aromatic rings. The van der Waals surface area contributed by atoms with Gasteiger partial charge in [0.2, 0.25) is 11.8 Å². The van der Waals surface area contributed by atoms with Crippen LogP contribution in [0.25, 0.3) is 0 Å². The summed E-state index contributed by atoms with van der Waals surface area (Å²) in [6.45, 7) is 0. The number of rotatable bonds is 1. The molecule has 1 aliphatic heterocycles. The average Bonchev–Trinajstić information content (AvgIpc) is 3.10. The number of amides is 2. The number of fused-ring (bicyclic) bond motifs is 5. The van der Waals surface area contributed by atoms with E-state index in [1.165, 1.54) is 17.0 Å². The van der Waals surface area contributed by atoms with Crippen LogP contribution in [0.5, 0.6) is 0 Å². The predicted molar refractivity (Wildman–Crippen MR) is 81.1 cm³/mol. The van der Waals surface area contributed by atoms with Crippen molar-refractivity contribution in [2.75, 3.05) is 10.6 Å². The summed E-state index contributed by atoms with van der Waals surface area (Å²) in [7, 11) is 0. The highest BCUT2D eigenvalue weighted by molar-refractivity contribution is 6.39. The highest BCUT2D eigenvalue weighted by Crippen LogP contribution is 2.53. The SMILES string of the molecule is Nc1c(Cl)cc(N2C(=O)C3C4C=CC(C4)C3C2=O)cc1Cl. The molecule has 1 heterocycles. The molecule has 2 amide bonds. The molecule has 21 heavy (non-hydrogen) atoms. The van der Waals surface area contributed by atoms with Gasteiger partial charge in [-0.25, -0.2) is 4.90 Å². The monoisotopic (exact) mass is 322 g/mol. The van der Waals surface area contributed by atoms with Crippen LogP contribution in [0.1, 0.15) is 6.42 Å². The Labute approximate surface area is 131 Å². The highest BCUT2D eigenvalue weighted by atomic mass is 35.5. The van der Waals surface area contributed by atoms with Crippen LogP contribution in [0.3, 0.4) is 0 Å². The summed E-state index contributed by atoms with van der Waals surface area (Å²) in [5.41, 5.74) is 6.36. The van der Waals surface area contributed by atoms with Crippen LogP contribution in [0.2, 0.25) is 10.0 Å². The molecule has 108 valence electrons. The Morgan fingerprint density at radius 3 is 1.95 bits per heavy atom. The summed E-state index contributed by atoms with van der Waals surface area (Å²) < 4.78 is 0. The van der Waals surface area contributed by atoms with Gasteiger partial charge in [-0.1, -0.05) is 35.4 Å². The molecule has 2 aliphatic carbocycles. The van der Waals surface area contributed by atoms with Crippen molar-refractivity contribution in [1.82, 2.24) is 0 Å². The number of nitrogen functional groups attached to an aromatic ring is 1. The summed E-state index contributed by atoms with van der Waals surface area (Å²) in [6, 6.07) is 3.05. The van der Waals surface area contributed by atoms with E-state index in [0.29, 0.717) is 5.69 Å². The number of anilines is 2. The molecule has 6 heteroatoms. The summed E-state index contributed by atoms with van der Waals surface area (Å²) in [5.74, 6) is -0.412. The fourth-order valence-corrected chi connectivity index (χ4v) is 4.33. The van der Waals surface area contributed by atoms with Gasteiger partial charge in [-0.15, -0.1) is 0 Å². The van der Waals surface area contributed by atoms with Crippen molar-refractivity contribution in [3.05, 3.63) is 34.3 Å². The molecule has 3 aliphatic rings. The number of nitrogens with zero attached hydrogens (tertiary/aromatic N) is 1. The van der Waals surface area contributed by atoms with Gasteiger partial charge < -0.3 is 5.73 Å². The maximum absolute atomic E-state index is 12.6. The van der Waals surface area contributed by atoms with E-state index >= 15 is 0 Å². The Morgan fingerprint density at radius 2 is 1.48 bits per heavy atom. The topological polar surface area (TPSA) is 63.4 Å². The van der Waals surface area contributed by atoms with E-state index in [0.717, 1.165) is 6.42 Å². The Balaban J connectivity index is 1.78. The first-order valence-corrected chi connectivity index (χ1v) is 7.55. The van der Waals surface area contributed by atoms with Crippen LogP contribution in [0.15, 0.2) is 24.3 Å². The van der Waals surface area contributed by atoms with E-state index in [2.05, 4.69) is 12.2 Å². The Bertz CT molecular complexity index is 663. The maximum Gasteiger partial charge on any atom is 0.238 e. The molecule has 4 atom stereocenters. The number of hydrogen-bond donors (Lipinski definition) is 1. The molecule has 0 aromatic heterocycles. The third kappa shape index (κ3) is 1.63. The maximum atomic E-state index is 12.6. The van der Waals surface area contributed by atoms with Crippen molar-refractivity contribution >= 4 is 46.4 Å². The number of carbonyl (C=O) groups excluding carboxylic acids is 2. The van der Waals surface area contributed by atoms with Gasteiger partial charge in [0.15, 0.2) is 0 Å². The second-order valence-electron chi connectivity index (χ2n) is 5.83. The van der Waals surface area contributed by atoms with Crippen molar-refractivity contribution in [3.8, 4) is 0 Å². The molecule has 1 aromatic carbocycles. The number of nitrogens with two attached hydrogens (primary N) is 1. The van der Waals surface area contributed by atoms with Crippen LogP contribution >= 0.6 is 23.2 Å². The van der Waals surface area contributed by atoms with Crippen molar-refractivity contribution < 1.29 is 9.59 Å². The summed E-state index contributed by atoms with van der Waals surface area (Å²) in [4.78, 5) is 26.5. The lowest BCUT2D eigenvalue weighted by molar-refractivity contribution is -0.123. The lowest BCUT2D eigenvalue weighted by Crippen LogP contribution is -2.32. The molecule has 2 fully saturated rings. The zero-order valence-electron chi connectivity index (χ0n) is 10.9. The molecule has 1 saturated carbocycles. The highest BCUT2D eigenvalue weighted by Gasteiger charge is 2.59. The van der Waals surface area contributed by atoms with Gasteiger partial charge in [0.1, 0.15) is 0 Å². The fraction of sp³-hybridized carbons (Fsp3) is 0.333. The van der Waals surface area contributed by atoms with Gasteiger partial charge in [-0.3, -0.25) is 9.59 Å². The van der Waals surface area contributed by atoms with E-state index < -0.39 is 0 Å². The molecule has 1 saturated heterocycles. The fourth-order valence-electron chi connectivity index (χ4n) is 3.86. The van der Waals surface area contributed by atoms with Gasteiger partial charge in [0, 0.05) is 0 Å². The minimum absolute atomic E-state index is 0.154. The molecule has 4 nitrogen and oxygen atoms in total. The summed E-state index contributed by atoms with van der Waals surface area (Å²) in [6.07, 6.45) is 5.02. The normalized spacial score (nSPS) is 33.1. The average molecular weight is 323 g/mol. The van der Waals surface area contributed by atoms with E-state index in [1.54, 1.807) is 0 Å². The predicted octanol–water partition coefficient (Wildman–Crippen LogP) is 2.89. The number of carbonyl (C=O) groups is 2. The minimum atomic E-state index is -0.234. The minimum Gasteiger partial charge on any atom is -0.396 e. The van der Waals surface area contributed by atoms with Crippen LogP contribution in [-0.2, 0) is 9.59 Å². The molecular weight excluding hydrogens is 311 g/mol. The van der Waals surface area contributed by atoms with Crippen LogP contribution in [0, 0.1) is 23.7 Å². The second-order valence-corrected chi connectivity index (χ2v) is 6.65. The van der Waals surface area contributed by atoms with Gasteiger partial charge in [-0.2, -0.15) is 0 Å². The Hall–Kier alpha value is -1.52. The van der Waals surface area contributed by atoms with Crippen molar-refractivity contribution in [2.24, 2.45) is 23.7 Å². The number of hydrogen-bond acceptors (Lipinski definition) is 3. The van der Waals surface area contributed by atoms with Gasteiger partial charge in [0.25, 0.3) is 0 Å². The molecule has 0 radical (unpaired) electrons. The second kappa shape index (κ2) is 4.24. The number of allylic oxidation sites excluding steroid dienone is 2. The summed E-state index contributed by atoms with van der Waals surface area (Å²) in [5, 5.41) is 0.493. The van der Waals surface area contributed by atoms with Crippen LogP contribution < -0.4 is 10.6 Å². The molecule has 4 unspecified atom stereocenters. The Morgan fingerprint density at radius 1 is 1.00 bits per heavy atom. The number of benzene rings is 1. The first kappa shape index (κ1) is 13.2. The Kier molecular flexibility index (Phi) is 2.66. The molecule has 0 spiro atoms. The molecule has 2 bridgehead atoms. The van der Waals surface area contributed by atoms with Crippen molar-refractivity contribution in [3.63, 3.8) is 0 Å². The van der Waals surface area contributed by atoms with Gasteiger partial charge in [0.05, 0.1) is 33.3 Å². The molecular formula is C15H12Cl2N2O2. The van der Waals surface area contributed by atoms with Gasteiger partial charge >= 0.3 is 0 Å². The zero-order chi connectivity index (χ0) is 14.9. The zero-order valence-corrected chi connectivity index (χ0v) is 12.4. The van der Waals surface area contributed by atoms with Crippen LogP contribution in [0.4, 0.5) is 11.4 Å². The first-order valence-electron chi connectivity index (χ1n) is 6.79. The lowest BCUT2D eigenvalue weighted by atomic mass is 9.85. The quantitative estimate of drug-likeness (QED) is 0.491. The van der Waals surface area contributed by atoms with E-state index in [1.807, 2.05) is 0 Å². The van der Waals surface area contributed by atoms with Crippen molar-refractivity contribution in [2.45, 2.75) is 6.42 Å². The smallest absolute Gasteiger partial charge is 0.238 e. The molecule has 4 rings (SSSR count). The number of imide groups is 1. The van der Waals surface area contributed by atoms with E-state index in [-0.39, 0.29) is 51.2 Å².